The number of benzene rings is 2. The van der Waals surface area contributed by atoms with Crippen LogP contribution < -0.4 is 5.32 Å². The summed E-state index contributed by atoms with van der Waals surface area (Å²) in [6.07, 6.45) is 0.0825. The number of carbonyl (C=O) groups is 2. The van der Waals surface area contributed by atoms with Crippen LogP contribution >= 0.6 is 22.9 Å². The van der Waals surface area contributed by atoms with E-state index in [1.54, 1.807) is 12.1 Å². The summed E-state index contributed by atoms with van der Waals surface area (Å²) in [5.41, 5.74) is 3.82. The quantitative estimate of drug-likeness (QED) is 0.563. The van der Waals surface area contributed by atoms with Crippen LogP contribution in [0.5, 0.6) is 0 Å². The van der Waals surface area contributed by atoms with Crippen LogP contribution in [0.15, 0.2) is 48.5 Å². The lowest BCUT2D eigenvalue weighted by atomic mass is 10.1. The van der Waals surface area contributed by atoms with Crippen molar-refractivity contribution in [2.75, 3.05) is 6.61 Å². The number of hydrogen-bond acceptors (Lipinski definition) is 5. The molecule has 0 aliphatic heterocycles. The molecule has 1 aromatic heterocycles. The van der Waals surface area contributed by atoms with Crippen molar-refractivity contribution in [2.45, 2.75) is 26.8 Å². The number of esters is 1. The Morgan fingerprint density at radius 1 is 1.07 bits per heavy atom. The smallest absolute Gasteiger partial charge is 0.311 e. The molecule has 0 bridgehead atoms. The number of aryl methyl sites for hydroxylation is 2. The Labute approximate surface area is 178 Å². The molecule has 3 aromatic rings. The lowest BCUT2D eigenvalue weighted by Gasteiger charge is -2.07. The van der Waals surface area contributed by atoms with E-state index in [1.807, 2.05) is 50.2 Å². The molecule has 0 radical (unpaired) electrons. The van der Waals surface area contributed by atoms with Gasteiger partial charge in [0.15, 0.2) is 6.61 Å². The molecule has 0 unspecified atom stereocenters. The van der Waals surface area contributed by atoms with E-state index in [-0.39, 0.29) is 18.9 Å². The van der Waals surface area contributed by atoms with Crippen molar-refractivity contribution in [1.82, 2.24) is 10.3 Å². The van der Waals surface area contributed by atoms with E-state index in [4.69, 9.17) is 16.3 Å². The zero-order chi connectivity index (χ0) is 20.8. The summed E-state index contributed by atoms with van der Waals surface area (Å²) in [5.74, 6) is -0.809. The van der Waals surface area contributed by atoms with Crippen molar-refractivity contribution < 1.29 is 14.3 Å². The molecular weight excluding hydrogens is 408 g/mol. The highest BCUT2D eigenvalue weighted by Gasteiger charge is 2.16. The number of halogens is 1. The van der Waals surface area contributed by atoms with Gasteiger partial charge in [-0.05, 0) is 31.5 Å². The molecule has 0 aliphatic rings. The molecule has 0 spiro atoms. The minimum absolute atomic E-state index is 0.0825. The monoisotopic (exact) mass is 428 g/mol. The number of carbonyl (C=O) groups excluding carboxylic acids is 2. The van der Waals surface area contributed by atoms with Crippen molar-refractivity contribution >= 4 is 34.8 Å². The molecule has 1 heterocycles. The highest BCUT2D eigenvalue weighted by atomic mass is 35.5. The van der Waals surface area contributed by atoms with E-state index in [0.717, 1.165) is 32.3 Å². The largest absolute Gasteiger partial charge is 0.455 e. The fraction of sp³-hybridized carbons (Fsp3) is 0.227. The predicted molar refractivity (Wildman–Crippen MR) is 115 cm³/mol. The molecule has 0 fully saturated rings. The molecular formula is C22H21ClN2O3S. The molecule has 150 valence electrons. The van der Waals surface area contributed by atoms with Crippen LogP contribution in [-0.4, -0.2) is 23.5 Å². The number of ether oxygens (including phenoxy) is 1. The van der Waals surface area contributed by atoms with Crippen molar-refractivity contribution in [2.24, 2.45) is 0 Å². The number of nitrogens with zero attached hydrogens (tertiary/aromatic N) is 1. The Balaban J connectivity index is 1.52. The van der Waals surface area contributed by atoms with Crippen molar-refractivity contribution in [3.63, 3.8) is 0 Å². The lowest BCUT2D eigenvalue weighted by Crippen LogP contribution is -2.28. The van der Waals surface area contributed by atoms with Gasteiger partial charge in [0, 0.05) is 22.0 Å². The fourth-order valence-electron chi connectivity index (χ4n) is 2.71. The second-order valence-corrected chi connectivity index (χ2v) is 8.34. The zero-order valence-corrected chi connectivity index (χ0v) is 17.8. The third-order valence-corrected chi connectivity index (χ3v) is 5.42. The van der Waals surface area contributed by atoms with Crippen LogP contribution in [0.4, 0.5) is 0 Å². The third kappa shape index (κ3) is 6.14. The summed E-state index contributed by atoms with van der Waals surface area (Å²) in [5, 5.41) is 4.23. The average Bonchev–Trinajstić information content (AvgIpc) is 3.06. The van der Waals surface area contributed by atoms with E-state index in [9.17, 15) is 9.59 Å². The van der Waals surface area contributed by atoms with Gasteiger partial charge in [0.25, 0.3) is 5.91 Å². The van der Waals surface area contributed by atoms with Gasteiger partial charge in [-0.15, -0.1) is 11.3 Å². The first kappa shape index (κ1) is 21.0. The lowest BCUT2D eigenvalue weighted by molar-refractivity contribution is -0.147. The fourth-order valence-corrected chi connectivity index (χ4v) is 3.78. The van der Waals surface area contributed by atoms with E-state index in [1.165, 1.54) is 11.3 Å². The van der Waals surface area contributed by atoms with Gasteiger partial charge in [-0.1, -0.05) is 53.6 Å². The molecule has 2 aromatic carbocycles. The Morgan fingerprint density at radius 2 is 1.76 bits per heavy atom. The zero-order valence-electron chi connectivity index (χ0n) is 16.2. The van der Waals surface area contributed by atoms with Gasteiger partial charge in [-0.3, -0.25) is 9.59 Å². The van der Waals surface area contributed by atoms with E-state index in [0.29, 0.717) is 11.6 Å². The van der Waals surface area contributed by atoms with Crippen LogP contribution in [0.2, 0.25) is 5.02 Å². The molecule has 1 amide bonds. The summed E-state index contributed by atoms with van der Waals surface area (Å²) in [6.45, 7) is 3.96. The van der Waals surface area contributed by atoms with Gasteiger partial charge < -0.3 is 10.1 Å². The number of aromatic nitrogens is 1. The van der Waals surface area contributed by atoms with Crippen LogP contribution in [0.25, 0.3) is 11.3 Å². The summed E-state index contributed by atoms with van der Waals surface area (Å²) < 4.78 is 5.14. The summed E-state index contributed by atoms with van der Waals surface area (Å²) in [6, 6.07) is 15.2. The summed E-state index contributed by atoms with van der Waals surface area (Å²) in [7, 11) is 0. The minimum atomic E-state index is -0.455. The Morgan fingerprint density at radius 3 is 2.45 bits per heavy atom. The van der Waals surface area contributed by atoms with Crippen molar-refractivity contribution in [3.8, 4) is 11.3 Å². The Hall–Kier alpha value is -2.70. The van der Waals surface area contributed by atoms with Crippen LogP contribution in [0.1, 0.15) is 21.0 Å². The van der Waals surface area contributed by atoms with E-state index < -0.39 is 5.97 Å². The number of rotatable bonds is 7. The topological polar surface area (TPSA) is 68.3 Å². The summed E-state index contributed by atoms with van der Waals surface area (Å²) >= 11 is 7.30. The third-order valence-electron chi connectivity index (χ3n) is 4.20. The van der Waals surface area contributed by atoms with Gasteiger partial charge in [0.1, 0.15) is 0 Å². The van der Waals surface area contributed by atoms with Gasteiger partial charge >= 0.3 is 5.97 Å². The normalized spacial score (nSPS) is 10.6. The van der Waals surface area contributed by atoms with Crippen LogP contribution in [-0.2, 0) is 27.3 Å². The standard InChI is InChI=1S/C22H21ClN2O3S/c1-14-3-7-17(8-4-14)22-19(29-15(2)25-22)11-21(27)28-13-20(26)24-12-16-5-9-18(23)10-6-16/h3-10H,11-13H2,1-2H3,(H,24,26). The first-order valence-electron chi connectivity index (χ1n) is 9.11. The molecule has 1 N–H and O–H groups in total. The number of nitrogens with one attached hydrogen (secondary N) is 1. The highest BCUT2D eigenvalue weighted by Crippen LogP contribution is 2.29. The molecule has 7 heteroatoms. The van der Waals surface area contributed by atoms with Gasteiger partial charge in [-0.25, -0.2) is 4.98 Å². The highest BCUT2D eigenvalue weighted by molar-refractivity contribution is 7.12. The molecule has 3 rings (SSSR count). The predicted octanol–water partition coefficient (Wildman–Crippen LogP) is 4.48. The number of thiazole rings is 1. The second-order valence-electron chi connectivity index (χ2n) is 6.61. The van der Waals surface area contributed by atoms with Crippen molar-refractivity contribution in [1.29, 1.82) is 0 Å². The molecule has 0 saturated heterocycles. The molecule has 29 heavy (non-hydrogen) atoms. The maximum absolute atomic E-state index is 12.2. The number of amides is 1. The van der Waals surface area contributed by atoms with Crippen LogP contribution in [0, 0.1) is 13.8 Å². The Bertz CT molecular complexity index is 998. The first-order valence-corrected chi connectivity index (χ1v) is 10.3. The van der Waals surface area contributed by atoms with Crippen LogP contribution in [0.3, 0.4) is 0 Å². The molecule has 5 nitrogen and oxygen atoms in total. The Kier molecular flexibility index (Phi) is 7.01. The maximum Gasteiger partial charge on any atom is 0.311 e. The van der Waals surface area contributed by atoms with Gasteiger partial charge in [0.2, 0.25) is 0 Å². The second kappa shape index (κ2) is 9.67. The molecule has 0 aliphatic carbocycles. The molecule has 0 atom stereocenters. The van der Waals surface area contributed by atoms with Gasteiger partial charge in [0.05, 0.1) is 17.1 Å². The molecule has 0 saturated carbocycles. The maximum atomic E-state index is 12.2. The summed E-state index contributed by atoms with van der Waals surface area (Å²) in [4.78, 5) is 29.6. The number of hydrogen-bond donors (Lipinski definition) is 1. The van der Waals surface area contributed by atoms with E-state index in [2.05, 4.69) is 10.3 Å². The average molecular weight is 429 g/mol. The first-order chi connectivity index (χ1) is 13.9. The SMILES string of the molecule is Cc1ccc(-c2nc(C)sc2CC(=O)OCC(=O)NCc2ccc(Cl)cc2)cc1. The van der Waals surface area contributed by atoms with Gasteiger partial charge in [-0.2, -0.15) is 0 Å². The van der Waals surface area contributed by atoms with Crippen molar-refractivity contribution in [3.05, 3.63) is 74.6 Å². The minimum Gasteiger partial charge on any atom is -0.455 e. The van der Waals surface area contributed by atoms with E-state index >= 15 is 0 Å².